The number of hydrogen-bond donors (Lipinski definition) is 1. The van der Waals surface area contributed by atoms with Gasteiger partial charge in [-0.1, -0.05) is 11.6 Å². The Bertz CT molecular complexity index is 316. The summed E-state index contributed by atoms with van der Waals surface area (Å²) < 4.78 is 49.0. The van der Waals surface area contributed by atoms with Crippen LogP contribution in [0.15, 0.2) is 18.2 Å². The third-order valence-corrected chi connectivity index (χ3v) is 1.81. The summed E-state index contributed by atoms with van der Waals surface area (Å²) in [6.45, 7) is 0. The first-order chi connectivity index (χ1) is 6.30. The lowest BCUT2D eigenvalue weighted by atomic mass is 10.1. The molecule has 78 valence electrons. The molecule has 1 aromatic carbocycles. The van der Waals surface area contributed by atoms with Crippen LogP contribution < -0.4 is 5.73 Å². The number of rotatable bonds is 1. The normalized spacial score (nSPS) is 14.1. The summed E-state index contributed by atoms with van der Waals surface area (Å²) in [5, 5.41) is -0.111. The fourth-order valence-corrected chi connectivity index (χ4v) is 1.17. The van der Waals surface area contributed by atoms with Gasteiger partial charge in [0.1, 0.15) is 11.9 Å². The second-order valence-corrected chi connectivity index (χ2v) is 3.16. The first kappa shape index (κ1) is 11.3. The molecule has 1 aromatic rings. The molecule has 0 aliphatic rings. The zero-order chi connectivity index (χ0) is 10.9. The van der Waals surface area contributed by atoms with E-state index in [0.29, 0.717) is 6.07 Å². The zero-order valence-corrected chi connectivity index (χ0v) is 7.53. The van der Waals surface area contributed by atoms with Crippen LogP contribution in [-0.2, 0) is 0 Å². The van der Waals surface area contributed by atoms with Crippen LogP contribution >= 0.6 is 11.6 Å². The molecule has 0 heterocycles. The van der Waals surface area contributed by atoms with E-state index in [9.17, 15) is 17.6 Å². The standard InChI is InChI=1S/C8H6ClF4N/c9-5-1-4(2-6(10)3-5)7(14)8(11,12)13/h1-3,7H,14H2/t7-/m0/s1. The van der Waals surface area contributed by atoms with Crippen LogP contribution in [0.25, 0.3) is 0 Å². The molecule has 0 fully saturated rings. The molecule has 0 amide bonds. The van der Waals surface area contributed by atoms with Gasteiger partial charge in [-0.3, -0.25) is 0 Å². The molecule has 0 aromatic heterocycles. The van der Waals surface area contributed by atoms with E-state index in [1.807, 2.05) is 0 Å². The first-order valence-electron chi connectivity index (χ1n) is 3.59. The third-order valence-electron chi connectivity index (χ3n) is 1.60. The van der Waals surface area contributed by atoms with Crippen molar-refractivity contribution in [1.29, 1.82) is 0 Å². The van der Waals surface area contributed by atoms with Crippen molar-refractivity contribution >= 4 is 11.6 Å². The van der Waals surface area contributed by atoms with Crippen LogP contribution in [0.4, 0.5) is 17.6 Å². The molecule has 0 bridgehead atoms. The Morgan fingerprint density at radius 3 is 2.21 bits per heavy atom. The van der Waals surface area contributed by atoms with E-state index in [1.54, 1.807) is 0 Å². The molecule has 0 unspecified atom stereocenters. The molecule has 1 nitrogen and oxygen atoms in total. The lowest BCUT2D eigenvalue weighted by Crippen LogP contribution is -2.28. The van der Waals surface area contributed by atoms with Gasteiger partial charge in [0.15, 0.2) is 0 Å². The van der Waals surface area contributed by atoms with E-state index in [4.69, 9.17) is 17.3 Å². The largest absolute Gasteiger partial charge is 0.407 e. The van der Waals surface area contributed by atoms with Crippen molar-refractivity contribution in [3.05, 3.63) is 34.6 Å². The van der Waals surface area contributed by atoms with Crippen LogP contribution in [0.3, 0.4) is 0 Å². The molecule has 0 spiro atoms. The summed E-state index contributed by atoms with van der Waals surface area (Å²) in [4.78, 5) is 0. The second-order valence-electron chi connectivity index (χ2n) is 2.72. The summed E-state index contributed by atoms with van der Waals surface area (Å²) in [5.41, 5.74) is 4.47. The fourth-order valence-electron chi connectivity index (χ4n) is 0.944. The minimum absolute atomic E-state index is 0.111. The van der Waals surface area contributed by atoms with Gasteiger partial charge >= 0.3 is 6.18 Å². The van der Waals surface area contributed by atoms with Gasteiger partial charge in [-0.05, 0) is 23.8 Å². The van der Waals surface area contributed by atoms with Crippen LogP contribution in [0.1, 0.15) is 11.6 Å². The zero-order valence-electron chi connectivity index (χ0n) is 6.78. The van der Waals surface area contributed by atoms with Gasteiger partial charge in [0.25, 0.3) is 0 Å². The molecule has 14 heavy (non-hydrogen) atoms. The maximum atomic E-state index is 12.7. The van der Waals surface area contributed by atoms with Crippen molar-refractivity contribution in [1.82, 2.24) is 0 Å². The highest BCUT2D eigenvalue weighted by Crippen LogP contribution is 2.31. The van der Waals surface area contributed by atoms with Crippen molar-refractivity contribution in [3.63, 3.8) is 0 Å². The summed E-state index contributed by atoms with van der Waals surface area (Å²) >= 11 is 5.38. The minimum atomic E-state index is -4.60. The number of halogens is 5. The molecule has 0 aliphatic carbocycles. The van der Waals surface area contributed by atoms with Crippen molar-refractivity contribution in [2.24, 2.45) is 5.73 Å². The predicted molar refractivity (Wildman–Crippen MR) is 44.4 cm³/mol. The first-order valence-corrected chi connectivity index (χ1v) is 3.97. The Kier molecular flexibility index (Phi) is 3.01. The number of hydrogen-bond acceptors (Lipinski definition) is 1. The highest BCUT2D eigenvalue weighted by Gasteiger charge is 2.38. The Morgan fingerprint density at radius 1 is 1.21 bits per heavy atom. The smallest absolute Gasteiger partial charge is 0.316 e. The Morgan fingerprint density at radius 2 is 1.79 bits per heavy atom. The summed E-state index contributed by atoms with van der Waals surface area (Å²) in [7, 11) is 0. The van der Waals surface area contributed by atoms with Crippen molar-refractivity contribution in [2.75, 3.05) is 0 Å². The number of nitrogens with two attached hydrogens (primary N) is 1. The maximum absolute atomic E-state index is 12.7. The maximum Gasteiger partial charge on any atom is 0.407 e. The van der Waals surface area contributed by atoms with E-state index in [-0.39, 0.29) is 10.6 Å². The van der Waals surface area contributed by atoms with Crippen molar-refractivity contribution in [3.8, 4) is 0 Å². The fraction of sp³-hybridized carbons (Fsp3) is 0.250. The summed E-state index contributed by atoms with van der Waals surface area (Å²) in [5.74, 6) is -0.841. The highest BCUT2D eigenvalue weighted by molar-refractivity contribution is 6.30. The highest BCUT2D eigenvalue weighted by atomic mass is 35.5. The Labute approximate surface area is 82.5 Å². The second kappa shape index (κ2) is 3.74. The van der Waals surface area contributed by atoms with E-state index >= 15 is 0 Å². The van der Waals surface area contributed by atoms with Crippen LogP contribution in [0.5, 0.6) is 0 Å². The molecular formula is C8H6ClF4N. The molecule has 0 saturated carbocycles. The molecule has 1 rings (SSSR count). The van der Waals surface area contributed by atoms with Gasteiger partial charge in [-0.25, -0.2) is 4.39 Å². The number of alkyl halides is 3. The van der Waals surface area contributed by atoms with Gasteiger partial charge < -0.3 is 5.73 Å². The van der Waals surface area contributed by atoms with Gasteiger partial charge in [0.2, 0.25) is 0 Å². The van der Waals surface area contributed by atoms with Gasteiger partial charge in [0.05, 0.1) is 0 Å². The van der Waals surface area contributed by atoms with Crippen LogP contribution in [-0.4, -0.2) is 6.18 Å². The Hall–Kier alpha value is -0.810. The van der Waals surface area contributed by atoms with E-state index in [2.05, 4.69) is 0 Å². The Balaban J connectivity index is 3.07. The average molecular weight is 228 g/mol. The third kappa shape index (κ3) is 2.59. The van der Waals surface area contributed by atoms with Crippen LogP contribution in [0, 0.1) is 5.82 Å². The lowest BCUT2D eigenvalue weighted by Gasteiger charge is -2.15. The van der Waals surface area contributed by atoms with Gasteiger partial charge in [0, 0.05) is 5.02 Å². The quantitative estimate of drug-likeness (QED) is 0.734. The summed E-state index contributed by atoms with van der Waals surface area (Å²) in [6.07, 6.45) is -4.60. The molecule has 1 atom stereocenters. The van der Waals surface area contributed by atoms with E-state index in [0.717, 1.165) is 12.1 Å². The minimum Gasteiger partial charge on any atom is -0.316 e. The van der Waals surface area contributed by atoms with E-state index in [1.165, 1.54) is 0 Å². The topological polar surface area (TPSA) is 26.0 Å². The van der Waals surface area contributed by atoms with Crippen LogP contribution in [0.2, 0.25) is 5.02 Å². The monoisotopic (exact) mass is 227 g/mol. The molecular weight excluding hydrogens is 222 g/mol. The molecule has 0 radical (unpaired) electrons. The molecule has 2 N–H and O–H groups in total. The predicted octanol–water partition coefficient (Wildman–Crippen LogP) is 3.04. The SMILES string of the molecule is N[C@@H](c1cc(F)cc(Cl)c1)C(F)(F)F. The number of benzene rings is 1. The molecule has 6 heteroatoms. The average Bonchev–Trinajstić information content (AvgIpc) is 1.99. The van der Waals surface area contributed by atoms with E-state index < -0.39 is 18.0 Å². The van der Waals surface area contributed by atoms with Crippen molar-refractivity contribution in [2.45, 2.75) is 12.2 Å². The van der Waals surface area contributed by atoms with Gasteiger partial charge in [-0.2, -0.15) is 13.2 Å². The summed E-state index contributed by atoms with van der Waals surface area (Å²) in [6, 6.07) is 0.400. The van der Waals surface area contributed by atoms with Gasteiger partial charge in [-0.15, -0.1) is 0 Å². The van der Waals surface area contributed by atoms with Crippen molar-refractivity contribution < 1.29 is 17.6 Å². The molecule has 0 saturated heterocycles. The molecule has 0 aliphatic heterocycles. The lowest BCUT2D eigenvalue weighted by molar-refractivity contribution is -0.149.